The predicted octanol–water partition coefficient (Wildman–Crippen LogP) is 7.53. The van der Waals surface area contributed by atoms with Crippen molar-refractivity contribution in [1.82, 2.24) is 30.1 Å². The summed E-state index contributed by atoms with van der Waals surface area (Å²) in [6.07, 6.45) is 3.63. The normalized spacial score (nSPS) is 10.8. The van der Waals surface area contributed by atoms with Gasteiger partial charge >= 0.3 is 6.18 Å². The molecule has 0 bridgehead atoms. The zero-order chi connectivity index (χ0) is 28.5. The molecule has 0 aliphatic carbocycles. The van der Waals surface area contributed by atoms with Crippen LogP contribution in [-0.2, 0) is 6.18 Å². The van der Waals surface area contributed by atoms with Gasteiger partial charge in [-0.3, -0.25) is 0 Å². The van der Waals surface area contributed by atoms with Gasteiger partial charge in [0.05, 0.1) is 16.8 Å². The van der Waals surface area contributed by atoms with Crippen LogP contribution in [0.4, 0.5) is 13.2 Å². The molecule has 5 rings (SSSR count). The van der Waals surface area contributed by atoms with Crippen molar-refractivity contribution < 1.29 is 13.2 Å². The fraction of sp³-hybridized carbons (Fsp3) is 0.0800. The number of rotatable bonds is 6. The Hall–Kier alpha value is -3.40. The van der Waals surface area contributed by atoms with Gasteiger partial charge in [-0.05, 0) is 48.2 Å². The minimum Gasteiger partial charge on any atom is -0.245 e. The average Bonchev–Trinajstić information content (AvgIpc) is 3.40. The molecule has 0 aliphatic heterocycles. The van der Waals surface area contributed by atoms with Gasteiger partial charge in [0, 0.05) is 22.3 Å². The largest absolute Gasteiger partial charge is 0.436 e. The summed E-state index contributed by atoms with van der Waals surface area (Å²) in [5, 5.41) is 17.8. The highest BCUT2D eigenvalue weighted by atomic mass is 35.5. The van der Waals surface area contributed by atoms with Crippen LogP contribution in [0.5, 0.6) is 0 Å². The topological polar surface area (TPSA) is 101 Å². The number of hydrogen-bond acceptors (Lipinski definition) is 11. The Bertz CT molecular complexity index is 1700. The Morgan fingerprint density at radius 3 is 2.25 bits per heavy atom. The molecule has 0 saturated heterocycles. The first-order valence-electron chi connectivity index (χ1n) is 10.8. The average molecular weight is 632 g/mol. The van der Waals surface area contributed by atoms with Crippen LogP contribution < -0.4 is 0 Å². The number of halogens is 4. The Balaban J connectivity index is 0.000000189. The standard InChI is InChI=1S/C15H8ClF3N2S.C10H5N5S3/c16-9-5-7-10(8-6-9)22-14-13(15(17,18)19)20-11-3-1-2-4-12(11)21-14;1-2-5-16-9-14-15-10(18-9)17-8-7(6-11)12-3-4-13-8/h1-8H;1,3-4H,5H2. The van der Waals surface area contributed by atoms with Crippen LogP contribution in [0.2, 0.25) is 5.02 Å². The Morgan fingerprint density at radius 2 is 1.57 bits per heavy atom. The van der Waals surface area contributed by atoms with Crippen molar-refractivity contribution in [2.75, 3.05) is 5.75 Å². The van der Waals surface area contributed by atoms with E-state index in [2.05, 4.69) is 36.1 Å². The van der Waals surface area contributed by atoms with E-state index in [9.17, 15) is 13.2 Å². The van der Waals surface area contributed by atoms with Gasteiger partial charge in [0.2, 0.25) is 0 Å². The van der Waals surface area contributed by atoms with Crippen molar-refractivity contribution in [3.8, 4) is 18.4 Å². The van der Waals surface area contributed by atoms with Crippen LogP contribution in [0, 0.1) is 23.7 Å². The van der Waals surface area contributed by atoms with Crippen molar-refractivity contribution in [3.63, 3.8) is 0 Å². The van der Waals surface area contributed by atoms with Gasteiger partial charge in [-0.25, -0.2) is 19.9 Å². The highest BCUT2D eigenvalue weighted by Crippen LogP contribution is 2.38. The molecule has 7 nitrogen and oxygen atoms in total. The molecule has 200 valence electrons. The van der Waals surface area contributed by atoms with E-state index in [4.69, 9.17) is 23.3 Å². The molecule has 3 heterocycles. The maximum absolute atomic E-state index is 13.2. The van der Waals surface area contributed by atoms with E-state index in [0.717, 1.165) is 16.1 Å². The summed E-state index contributed by atoms with van der Waals surface area (Å²) in [6, 6.07) is 15.0. The molecule has 15 heteroatoms. The molecule has 40 heavy (non-hydrogen) atoms. The van der Waals surface area contributed by atoms with Crippen LogP contribution in [0.15, 0.2) is 84.6 Å². The Kier molecular flexibility index (Phi) is 10.2. The fourth-order valence-corrected chi connectivity index (χ4v) is 6.46. The number of para-hydroxylation sites is 2. The molecular formula is C25H13ClF3N7S4. The van der Waals surface area contributed by atoms with E-state index < -0.39 is 11.9 Å². The first kappa shape index (κ1) is 29.6. The van der Waals surface area contributed by atoms with Crippen LogP contribution >= 0.6 is 58.2 Å². The lowest BCUT2D eigenvalue weighted by Crippen LogP contribution is -2.11. The lowest BCUT2D eigenvalue weighted by Gasteiger charge is -2.12. The van der Waals surface area contributed by atoms with Crippen LogP contribution in [-0.4, -0.2) is 35.9 Å². The molecular weight excluding hydrogens is 619 g/mol. The van der Waals surface area contributed by atoms with Gasteiger partial charge in [0.1, 0.15) is 16.1 Å². The van der Waals surface area contributed by atoms with Gasteiger partial charge in [0.15, 0.2) is 20.1 Å². The number of benzene rings is 2. The third-order valence-corrected chi connectivity index (χ3v) is 8.70. The molecule has 0 saturated carbocycles. The zero-order valence-electron chi connectivity index (χ0n) is 19.8. The summed E-state index contributed by atoms with van der Waals surface area (Å²) in [6.45, 7) is 0. The maximum atomic E-state index is 13.2. The smallest absolute Gasteiger partial charge is 0.245 e. The molecule has 0 atom stereocenters. The van der Waals surface area contributed by atoms with E-state index in [1.165, 1.54) is 53.3 Å². The van der Waals surface area contributed by atoms with Crippen molar-refractivity contribution >= 4 is 69.3 Å². The molecule has 0 aliphatic rings. The summed E-state index contributed by atoms with van der Waals surface area (Å²) < 4.78 is 41.1. The highest BCUT2D eigenvalue weighted by Gasteiger charge is 2.37. The number of nitriles is 1. The second kappa shape index (κ2) is 13.8. The molecule has 3 aromatic heterocycles. The van der Waals surface area contributed by atoms with E-state index in [-0.39, 0.29) is 16.2 Å². The summed E-state index contributed by atoms with van der Waals surface area (Å²) in [5.41, 5.74) is -0.0519. The highest BCUT2D eigenvalue weighted by molar-refractivity contribution is 8.03. The zero-order valence-corrected chi connectivity index (χ0v) is 23.9. The Morgan fingerprint density at radius 1 is 0.900 bits per heavy atom. The second-order valence-corrected chi connectivity index (χ2v) is 12.1. The third-order valence-electron chi connectivity index (χ3n) is 4.46. The molecule has 0 spiro atoms. The van der Waals surface area contributed by atoms with E-state index >= 15 is 0 Å². The number of terminal acetylenes is 1. The molecule has 0 fully saturated rings. The van der Waals surface area contributed by atoms with Gasteiger partial charge in [-0.15, -0.1) is 16.6 Å². The van der Waals surface area contributed by atoms with Crippen LogP contribution in [0.1, 0.15) is 11.4 Å². The molecule has 0 unspecified atom stereocenters. The number of hydrogen-bond donors (Lipinski definition) is 0. The number of nitrogens with zero attached hydrogens (tertiary/aromatic N) is 7. The van der Waals surface area contributed by atoms with Crippen molar-refractivity contribution in [3.05, 3.63) is 77.3 Å². The summed E-state index contributed by atoms with van der Waals surface area (Å²) in [4.78, 5) is 16.5. The lowest BCUT2D eigenvalue weighted by atomic mass is 10.3. The second-order valence-electron chi connectivity index (χ2n) is 7.17. The minimum absolute atomic E-state index is 0.173. The fourth-order valence-electron chi connectivity index (χ4n) is 2.81. The first-order chi connectivity index (χ1) is 19.3. The number of fused-ring (bicyclic) bond motifs is 1. The predicted molar refractivity (Wildman–Crippen MR) is 150 cm³/mol. The summed E-state index contributed by atoms with van der Waals surface area (Å²) in [5.74, 6) is 3.09. The minimum atomic E-state index is -4.56. The van der Waals surface area contributed by atoms with Gasteiger partial charge in [0.25, 0.3) is 0 Å². The van der Waals surface area contributed by atoms with E-state index in [1.54, 1.807) is 42.5 Å². The van der Waals surface area contributed by atoms with E-state index in [1.807, 2.05) is 6.07 Å². The molecule has 0 N–H and O–H groups in total. The number of thioether (sulfide) groups is 1. The first-order valence-corrected chi connectivity index (χ1v) is 14.6. The SMILES string of the molecule is C#CCSc1nnc(Sc2nccnc2C#N)s1.FC(F)(F)c1nc2ccccc2nc1Sc1ccc(Cl)cc1. The van der Waals surface area contributed by atoms with Crippen molar-refractivity contribution in [2.45, 2.75) is 29.8 Å². The van der Waals surface area contributed by atoms with Crippen LogP contribution in [0.3, 0.4) is 0 Å². The van der Waals surface area contributed by atoms with Crippen LogP contribution in [0.25, 0.3) is 11.0 Å². The number of aromatic nitrogens is 6. The van der Waals surface area contributed by atoms with Gasteiger partial charge in [-0.1, -0.05) is 64.5 Å². The van der Waals surface area contributed by atoms with Crippen molar-refractivity contribution in [1.29, 1.82) is 5.26 Å². The van der Waals surface area contributed by atoms with Crippen molar-refractivity contribution in [2.24, 2.45) is 0 Å². The summed E-state index contributed by atoms with van der Waals surface area (Å²) >= 11 is 10.8. The lowest BCUT2D eigenvalue weighted by molar-refractivity contribution is -0.143. The van der Waals surface area contributed by atoms with E-state index in [0.29, 0.717) is 30.6 Å². The molecule has 5 aromatic rings. The number of alkyl halides is 3. The van der Waals surface area contributed by atoms with Gasteiger partial charge < -0.3 is 0 Å². The molecule has 0 amide bonds. The quantitative estimate of drug-likeness (QED) is 0.138. The Labute approximate surface area is 248 Å². The van der Waals surface area contributed by atoms with Gasteiger partial charge in [-0.2, -0.15) is 18.4 Å². The third kappa shape index (κ3) is 8.06. The monoisotopic (exact) mass is 631 g/mol. The molecule has 2 aromatic carbocycles. The molecule has 0 radical (unpaired) electrons. The maximum Gasteiger partial charge on any atom is 0.436 e. The summed E-state index contributed by atoms with van der Waals surface area (Å²) in [7, 11) is 0.